The van der Waals surface area contributed by atoms with E-state index in [0.717, 1.165) is 24.2 Å². The number of quaternary nitrogens is 1. The molecule has 0 fully saturated rings. The van der Waals surface area contributed by atoms with Crippen LogP contribution < -0.4 is 12.4 Å². The summed E-state index contributed by atoms with van der Waals surface area (Å²) >= 11 is 0. The van der Waals surface area contributed by atoms with E-state index in [1.807, 2.05) is 26.8 Å². The molecule has 0 amide bonds. The fourth-order valence-electron chi connectivity index (χ4n) is 0.905. The van der Waals surface area contributed by atoms with Crippen LogP contribution >= 0.6 is 0 Å². The Morgan fingerprint density at radius 1 is 1.12 bits per heavy atom. The smallest absolute Gasteiger partial charge is 0.154 e. The van der Waals surface area contributed by atoms with Crippen molar-refractivity contribution in [1.82, 2.24) is 0 Å². The Hall–Kier alpha value is -0.0900. The van der Waals surface area contributed by atoms with Gasteiger partial charge < -0.3 is 26.4 Å². The van der Waals surface area contributed by atoms with Gasteiger partial charge in [0.15, 0.2) is 6.29 Å². The van der Waals surface area contributed by atoms with Crippen LogP contribution in [0, 0.1) is 0 Å². The maximum Gasteiger partial charge on any atom is 0.154 e. The molecule has 0 atom stereocenters. The Bertz CT molecular complexity index is 140. The molecule has 0 spiro atoms. The van der Waals surface area contributed by atoms with Crippen molar-refractivity contribution in [2.24, 2.45) is 0 Å². The van der Waals surface area contributed by atoms with Gasteiger partial charge >= 0.3 is 0 Å². The van der Waals surface area contributed by atoms with Gasteiger partial charge in [-0.15, -0.1) is 0 Å². The fourth-order valence-corrected chi connectivity index (χ4v) is 0.905. The van der Waals surface area contributed by atoms with Crippen LogP contribution in [0.1, 0.15) is 20.8 Å². The van der Waals surface area contributed by atoms with Crippen LogP contribution in [0.4, 0.5) is 0 Å². The van der Waals surface area contributed by atoms with Gasteiger partial charge in [-0.25, -0.2) is 0 Å². The van der Waals surface area contributed by atoms with E-state index in [4.69, 9.17) is 9.47 Å². The van der Waals surface area contributed by atoms with Crippen molar-refractivity contribution >= 4 is 0 Å². The third-order valence-electron chi connectivity index (χ3n) is 1.48. The van der Waals surface area contributed by atoms with E-state index in [-0.39, 0.29) is 18.7 Å². The van der Waals surface area contributed by atoms with Crippen LogP contribution in [-0.4, -0.2) is 51.7 Å². The zero-order chi connectivity index (χ0) is 12.3. The van der Waals surface area contributed by atoms with E-state index >= 15 is 0 Å². The highest BCUT2D eigenvalue weighted by molar-refractivity contribution is 4.63. The molecule has 3 nitrogen and oxygen atoms in total. The molecule has 0 aromatic rings. The molecule has 16 heavy (non-hydrogen) atoms. The van der Waals surface area contributed by atoms with Crippen LogP contribution in [0.3, 0.4) is 0 Å². The molecule has 0 aliphatic carbocycles. The molecule has 0 unspecified atom stereocenters. The standard InChI is InChI=1S/C6H14N.C6H14O2.ClH/c1-5-6-7(2,3)4;1-4-7-6(3)8-5-2;/h5H,1,6H2,2-4H3;6H,4-5H2,1-3H3;1H/q+1;;/p-1. The zero-order valence-corrected chi connectivity index (χ0v) is 12.4. The van der Waals surface area contributed by atoms with E-state index in [0.29, 0.717) is 0 Å². The lowest BCUT2D eigenvalue weighted by Gasteiger charge is -2.21. The Kier molecular flexibility index (Phi) is 17.2. The summed E-state index contributed by atoms with van der Waals surface area (Å²) in [5, 5.41) is 0. The number of hydrogen-bond donors (Lipinski definition) is 0. The Balaban J connectivity index is -0.000000200. The first-order chi connectivity index (χ1) is 6.87. The van der Waals surface area contributed by atoms with E-state index < -0.39 is 0 Å². The number of likely N-dealkylation sites (N-methyl/N-ethyl adjacent to an activating group) is 1. The van der Waals surface area contributed by atoms with Gasteiger partial charge in [-0.05, 0) is 26.8 Å². The van der Waals surface area contributed by atoms with E-state index in [9.17, 15) is 0 Å². The second kappa shape index (κ2) is 13.0. The van der Waals surface area contributed by atoms with Crippen LogP contribution in [-0.2, 0) is 9.47 Å². The lowest BCUT2D eigenvalue weighted by Crippen LogP contribution is -3.00. The fraction of sp³-hybridized carbons (Fsp3) is 0.833. The SMILES string of the molecule is C=CC[N+](C)(C)C.CCOC(C)OCC.[Cl-]. The van der Waals surface area contributed by atoms with Gasteiger partial charge in [-0.1, -0.05) is 6.58 Å². The Labute approximate surface area is 107 Å². The number of ether oxygens (including phenoxy) is 2. The van der Waals surface area contributed by atoms with Gasteiger partial charge in [-0.3, -0.25) is 0 Å². The quantitative estimate of drug-likeness (QED) is 0.354. The first-order valence-corrected chi connectivity index (χ1v) is 5.51. The largest absolute Gasteiger partial charge is 1.00 e. The first kappa shape index (κ1) is 21.2. The van der Waals surface area contributed by atoms with Crippen molar-refractivity contribution in [3.8, 4) is 0 Å². The molecule has 0 aromatic heterocycles. The number of hydrogen-bond acceptors (Lipinski definition) is 2. The molecule has 0 bridgehead atoms. The highest BCUT2D eigenvalue weighted by Gasteiger charge is 1.99. The minimum absolute atomic E-state index is 0. The average Bonchev–Trinajstić information content (AvgIpc) is 2.03. The molecular weight excluding hydrogens is 226 g/mol. The molecule has 0 aromatic carbocycles. The first-order valence-electron chi connectivity index (χ1n) is 5.51. The van der Waals surface area contributed by atoms with Crippen molar-refractivity contribution in [2.45, 2.75) is 27.1 Å². The highest BCUT2D eigenvalue weighted by Crippen LogP contribution is 1.90. The molecule has 0 heterocycles. The molecule has 4 heteroatoms. The summed E-state index contributed by atoms with van der Waals surface area (Å²) in [6, 6.07) is 0. The van der Waals surface area contributed by atoms with Crippen LogP contribution in [0.15, 0.2) is 12.7 Å². The van der Waals surface area contributed by atoms with Gasteiger partial charge in [0.1, 0.15) is 0 Å². The number of rotatable bonds is 6. The third kappa shape index (κ3) is 23.6. The van der Waals surface area contributed by atoms with Gasteiger partial charge in [-0.2, -0.15) is 0 Å². The van der Waals surface area contributed by atoms with Crippen molar-refractivity contribution in [3.05, 3.63) is 12.7 Å². The summed E-state index contributed by atoms with van der Waals surface area (Å²) in [5.41, 5.74) is 0. The van der Waals surface area contributed by atoms with E-state index in [2.05, 4.69) is 27.7 Å². The van der Waals surface area contributed by atoms with Gasteiger partial charge in [0, 0.05) is 13.2 Å². The topological polar surface area (TPSA) is 18.5 Å². The third-order valence-corrected chi connectivity index (χ3v) is 1.48. The molecule has 0 radical (unpaired) electrons. The molecule has 0 N–H and O–H groups in total. The predicted molar refractivity (Wildman–Crippen MR) is 65.8 cm³/mol. The Morgan fingerprint density at radius 3 is 1.62 bits per heavy atom. The van der Waals surface area contributed by atoms with E-state index in [1.54, 1.807) is 0 Å². The average molecular weight is 254 g/mol. The summed E-state index contributed by atoms with van der Waals surface area (Å²) in [4.78, 5) is 0. The van der Waals surface area contributed by atoms with Gasteiger partial charge in [0.05, 0.1) is 27.7 Å². The molecule has 0 rings (SSSR count). The van der Waals surface area contributed by atoms with Gasteiger partial charge in [0.25, 0.3) is 0 Å². The normalized spacial score (nSPS) is 10.2. The number of halogens is 1. The summed E-state index contributed by atoms with van der Waals surface area (Å²) in [7, 11) is 6.42. The lowest BCUT2D eigenvalue weighted by atomic mass is 10.5. The second-order valence-electron chi connectivity index (χ2n) is 4.24. The maximum absolute atomic E-state index is 5.06. The summed E-state index contributed by atoms with van der Waals surface area (Å²) in [6.07, 6.45) is 1.89. The molecular formula is C12H28ClNO2. The monoisotopic (exact) mass is 253 g/mol. The Morgan fingerprint density at radius 2 is 1.50 bits per heavy atom. The second-order valence-corrected chi connectivity index (χ2v) is 4.24. The summed E-state index contributed by atoms with van der Waals surface area (Å²) in [6.45, 7) is 11.9. The van der Waals surface area contributed by atoms with Crippen molar-refractivity contribution < 1.29 is 26.4 Å². The van der Waals surface area contributed by atoms with Crippen LogP contribution in [0.2, 0.25) is 0 Å². The van der Waals surface area contributed by atoms with Crippen molar-refractivity contribution in [2.75, 3.05) is 40.9 Å². The van der Waals surface area contributed by atoms with Gasteiger partial charge in [0.2, 0.25) is 0 Å². The molecule has 0 aliphatic rings. The number of nitrogens with zero attached hydrogens (tertiary/aromatic N) is 1. The van der Waals surface area contributed by atoms with Crippen LogP contribution in [0.5, 0.6) is 0 Å². The molecule has 0 saturated carbocycles. The van der Waals surface area contributed by atoms with Crippen molar-refractivity contribution in [3.63, 3.8) is 0 Å². The minimum atomic E-state index is -0.0370. The van der Waals surface area contributed by atoms with Crippen molar-refractivity contribution in [1.29, 1.82) is 0 Å². The van der Waals surface area contributed by atoms with E-state index in [1.165, 1.54) is 0 Å². The van der Waals surface area contributed by atoms with Crippen LogP contribution in [0.25, 0.3) is 0 Å². The minimum Gasteiger partial charge on any atom is -1.00 e. The molecule has 100 valence electrons. The summed E-state index contributed by atoms with van der Waals surface area (Å²) < 4.78 is 11.1. The maximum atomic E-state index is 5.06. The predicted octanol–water partition coefficient (Wildman–Crippen LogP) is -0.712. The lowest BCUT2D eigenvalue weighted by molar-refractivity contribution is -0.864. The molecule has 0 saturated heterocycles. The molecule has 0 aliphatic heterocycles. The summed E-state index contributed by atoms with van der Waals surface area (Å²) in [5.74, 6) is 0. The zero-order valence-electron chi connectivity index (χ0n) is 11.6. The highest BCUT2D eigenvalue weighted by atomic mass is 35.5.